The van der Waals surface area contributed by atoms with Crippen LogP contribution in [0.1, 0.15) is 18.1 Å². The minimum absolute atomic E-state index is 0.662. The minimum Gasteiger partial charge on any atom is -0.364 e. The van der Waals surface area contributed by atoms with Gasteiger partial charge in [0.25, 0.3) is 0 Å². The molecule has 0 amide bonds. The Morgan fingerprint density at radius 1 is 1.27 bits per heavy atom. The molecule has 0 fully saturated rings. The minimum atomic E-state index is 0.662. The molecule has 26 heavy (non-hydrogen) atoms. The highest BCUT2D eigenvalue weighted by atomic mass is 15.3. The van der Waals surface area contributed by atoms with E-state index in [2.05, 4.69) is 70.6 Å². The van der Waals surface area contributed by atoms with Crippen LogP contribution in [0.3, 0.4) is 0 Å². The van der Waals surface area contributed by atoms with Gasteiger partial charge >= 0.3 is 0 Å². The Morgan fingerprint density at radius 2 is 2.08 bits per heavy atom. The second-order valence-electron chi connectivity index (χ2n) is 6.59. The first kappa shape index (κ1) is 18.0. The van der Waals surface area contributed by atoms with Crippen LogP contribution in [0.5, 0.6) is 0 Å². The van der Waals surface area contributed by atoms with Crippen molar-refractivity contribution in [3.8, 4) is 0 Å². The summed E-state index contributed by atoms with van der Waals surface area (Å²) < 4.78 is 1.83. The predicted octanol–water partition coefficient (Wildman–Crippen LogP) is 2.39. The average molecular weight is 352 g/mol. The third-order valence-corrected chi connectivity index (χ3v) is 4.38. The van der Waals surface area contributed by atoms with Crippen LogP contribution in [-0.2, 0) is 20.1 Å². The molecule has 138 valence electrons. The first-order valence-electron chi connectivity index (χ1n) is 9.11. The Balaban J connectivity index is 1.67. The first-order chi connectivity index (χ1) is 12.7. The molecule has 0 aliphatic carbocycles. The zero-order chi connectivity index (χ0) is 18.4. The van der Waals surface area contributed by atoms with Crippen LogP contribution in [0, 0.1) is 0 Å². The largest absolute Gasteiger partial charge is 0.364 e. The second kappa shape index (κ2) is 8.56. The summed E-state index contributed by atoms with van der Waals surface area (Å²) in [5, 5.41) is 7.61. The number of hydrogen-bond acceptors (Lipinski definition) is 3. The fourth-order valence-corrected chi connectivity index (χ4v) is 3.08. The van der Waals surface area contributed by atoms with Crippen molar-refractivity contribution in [1.82, 2.24) is 20.0 Å². The molecule has 1 N–H and O–H groups in total. The molecule has 1 aromatic carbocycles. The molecular weight excluding hydrogens is 324 g/mol. The van der Waals surface area contributed by atoms with Gasteiger partial charge in [-0.1, -0.05) is 24.3 Å². The van der Waals surface area contributed by atoms with Crippen molar-refractivity contribution in [1.29, 1.82) is 0 Å². The summed E-state index contributed by atoms with van der Waals surface area (Å²) in [6, 6.07) is 8.66. The van der Waals surface area contributed by atoms with Gasteiger partial charge in [-0.05, 0) is 24.6 Å². The van der Waals surface area contributed by atoms with Gasteiger partial charge in [0.1, 0.15) is 0 Å². The van der Waals surface area contributed by atoms with Gasteiger partial charge in [-0.3, -0.25) is 4.68 Å². The number of anilines is 1. The molecule has 0 saturated carbocycles. The molecule has 2 aromatic rings. The summed E-state index contributed by atoms with van der Waals surface area (Å²) in [7, 11) is 3.99. The summed E-state index contributed by atoms with van der Waals surface area (Å²) in [4.78, 5) is 9.31. The van der Waals surface area contributed by atoms with Gasteiger partial charge in [0.2, 0.25) is 0 Å². The number of nitrogens with one attached hydrogen (secondary N) is 1. The number of aromatic nitrogens is 2. The number of guanidine groups is 1. The lowest BCUT2D eigenvalue weighted by molar-refractivity contribution is 0.476. The molecule has 0 unspecified atom stereocenters. The quantitative estimate of drug-likeness (QED) is 0.493. The Bertz CT molecular complexity index is 768. The van der Waals surface area contributed by atoms with Crippen LogP contribution in [0.4, 0.5) is 5.69 Å². The van der Waals surface area contributed by atoms with Crippen molar-refractivity contribution in [2.24, 2.45) is 12.0 Å². The van der Waals surface area contributed by atoms with Crippen molar-refractivity contribution in [2.75, 3.05) is 31.6 Å². The van der Waals surface area contributed by atoms with E-state index in [1.54, 1.807) is 0 Å². The molecule has 0 spiro atoms. The lowest BCUT2D eigenvalue weighted by Crippen LogP contribution is -2.38. The van der Waals surface area contributed by atoms with Gasteiger partial charge in [0.05, 0.1) is 12.7 Å². The molecule has 3 rings (SSSR count). The third-order valence-electron chi connectivity index (χ3n) is 4.38. The second-order valence-corrected chi connectivity index (χ2v) is 6.59. The van der Waals surface area contributed by atoms with Gasteiger partial charge in [0.15, 0.2) is 5.96 Å². The molecule has 0 radical (unpaired) electrons. The van der Waals surface area contributed by atoms with Crippen molar-refractivity contribution < 1.29 is 0 Å². The Kier molecular flexibility index (Phi) is 5.94. The normalized spacial score (nSPS) is 14.1. The molecule has 6 heteroatoms. The molecule has 1 aliphatic heterocycles. The summed E-state index contributed by atoms with van der Waals surface area (Å²) in [5.41, 5.74) is 3.65. The van der Waals surface area contributed by atoms with Crippen molar-refractivity contribution in [3.63, 3.8) is 0 Å². The predicted molar refractivity (Wildman–Crippen MR) is 107 cm³/mol. The van der Waals surface area contributed by atoms with E-state index < -0.39 is 0 Å². The van der Waals surface area contributed by atoms with Crippen molar-refractivity contribution >= 4 is 11.6 Å². The van der Waals surface area contributed by atoms with E-state index >= 15 is 0 Å². The van der Waals surface area contributed by atoms with E-state index in [4.69, 9.17) is 4.99 Å². The van der Waals surface area contributed by atoms with E-state index in [9.17, 15) is 0 Å². The number of rotatable bonds is 6. The highest BCUT2D eigenvalue weighted by Gasteiger charge is 2.10. The molecule has 0 bridgehead atoms. The summed E-state index contributed by atoms with van der Waals surface area (Å²) in [5.74, 6) is 0.907. The maximum atomic E-state index is 4.82. The van der Waals surface area contributed by atoms with E-state index in [1.807, 2.05) is 24.1 Å². The number of hydrogen-bond donors (Lipinski definition) is 1. The maximum absolute atomic E-state index is 4.82. The van der Waals surface area contributed by atoms with Crippen LogP contribution in [-0.4, -0.2) is 47.3 Å². The maximum Gasteiger partial charge on any atom is 0.194 e. The fraction of sp³-hybridized carbons (Fsp3) is 0.400. The highest BCUT2D eigenvalue weighted by Crippen LogP contribution is 2.19. The molecular formula is C20H28N6. The van der Waals surface area contributed by atoms with Crippen molar-refractivity contribution in [3.05, 3.63) is 59.9 Å². The lowest BCUT2D eigenvalue weighted by atomic mass is 10.2. The number of nitrogens with zero attached hydrogens (tertiary/aromatic N) is 5. The zero-order valence-electron chi connectivity index (χ0n) is 15.9. The molecule has 1 aromatic heterocycles. The number of aryl methyl sites for hydroxylation is 1. The Hall–Kier alpha value is -2.76. The van der Waals surface area contributed by atoms with Crippen LogP contribution in [0.25, 0.3) is 0 Å². The smallest absolute Gasteiger partial charge is 0.194 e. The third kappa shape index (κ3) is 4.65. The standard InChI is InChI=1S/C20H28N6/c1-4-21-20(24(2)15-18-14-23-25(3)16-18)22-13-17-8-7-9-19(12-17)26-10-5-6-11-26/h5-9,12,14,16H,4,10-11,13,15H2,1-3H3,(H,21,22). The topological polar surface area (TPSA) is 48.7 Å². The summed E-state index contributed by atoms with van der Waals surface area (Å²) >= 11 is 0. The molecule has 1 aliphatic rings. The van der Waals surface area contributed by atoms with Gasteiger partial charge in [-0.15, -0.1) is 0 Å². The monoisotopic (exact) mass is 352 g/mol. The van der Waals surface area contributed by atoms with Crippen LogP contribution in [0.15, 0.2) is 53.8 Å². The number of benzene rings is 1. The fourth-order valence-electron chi connectivity index (χ4n) is 3.08. The molecule has 0 atom stereocenters. The van der Waals surface area contributed by atoms with E-state index in [0.29, 0.717) is 6.54 Å². The average Bonchev–Trinajstić information content (AvgIpc) is 3.31. The SMILES string of the molecule is CCNC(=NCc1cccc(N2CC=CC2)c1)N(C)Cc1cnn(C)c1. The van der Waals surface area contributed by atoms with Gasteiger partial charge in [-0.2, -0.15) is 5.10 Å². The Morgan fingerprint density at radius 3 is 2.77 bits per heavy atom. The molecule has 6 nitrogen and oxygen atoms in total. The molecule has 2 heterocycles. The lowest BCUT2D eigenvalue weighted by Gasteiger charge is -2.22. The highest BCUT2D eigenvalue weighted by molar-refractivity contribution is 5.79. The van der Waals surface area contributed by atoms with E-state index in [1.165, 1.54) is 16.8 Å². The summed E-state index contributed by atoms with van der Waals surface area (Å²) in [6.07, 6.45) is 8.35. The van der Waals surface area contributed by atoms with Gasteiger partial charge < -0.3 is 15.1 Å². The van der Waals surface area contributed by atoms with Gasteiger partial charge in [0, 0.05) is 57.7 Å². The first-order valence-corrected chi connectivity index (χ1v) is 9.11. The Labute approximate surface area is 155 Å². The zero-order valence-corrected chi connectivity index (χ0v) is 15.9. The summed E-state index contributed by atoms with van der Waals surface area (Å²) in [6.45, 7) is 6.35. The van der Waals surface area contributed by atoms with Crippen LogP contribution < -0.4 is 10.2 Å². The van der Waals surface area contributed by atoms with Crippen LogP contribution >= 0.6 is 0 Å². The van der Waals surface area contributed by atoms with Crippen molar-refractivity contribution in [2.45, 2.75) is 20.0 Å². The van der Waals surface area contributed by atoms with E-state index in [-0.39, 0.29) is 0 Å². The number of aliphatic imine (C=N–C) groups is 1. The molecule has 0 saturated heterocycles. The van der Waals surface area contributed by atoms with E-state index in [0.717, 1.165) is 32.1 Å². The van der Waals surface area contributed by atoms with Gasteiger partial charge in [-0.25, -0.2) is 4.99 Å². The van der Waals surface area contributed by atoms with Crippen LogP contribution in [0.2, 0.25) is 0 Å².